The molecule has 0 saturated carbocycles. The fraction of sp³-hybridized carbons (Fsp3) is 0.333. The maximum absolute atomic E-state index is 2.24. The molecular formula is C9H11N. The second-order valence-electron chi connectivity index (χ2n) is 2.84. The average Bonchev–Trinajstić information content (AvgIpc) is 2.34. The van der Waals surface area contributed by atoms with Gasteiger partial charge in [0.25, 0.3) is 0 Å². The summed E-state index contributed by atoms with van der Waals surface area (Å²) in [6, 6.07) is 0.588. The highest BCUT2D eigenvalue weighted by molar-refractivity contribution is 5.25. The normalized spacial score (nSPS) is 35.1. The number of allylic oxidation sites excluding steroid dienone is 2. The molecule has 0 aromatic rings. The summed E-state index contributed by atoms with van der Waals surface area (Å²) in [4.78, 5) is 2.24. The van der Waals surface area contributed by atoms with Crippen LogP contribution in [0.25, 0.3) is 0 Å². The molecule has 0 N–H and O–H groups in total. The molecule has 1 heterocycles. The van der Waals surface area contributed by atoms with Crippen molar-refractivity contribution in [2.24, 2.45) is 5.92 Å². The molecule has 1 heteroatoms. The molecule has 0 spiro atoms. The van der Waals surface area contributed by atoms with E-state index in [9.17, 15) is 0 Å². The van der Waals surface area contributed by atoms with Gasteiger partial charge in [0.1, 0.15) is 0 Å². The summed E-state index contributed by atoms with van der Waals surface area (Å²) < 4.78 is 0. The predicted molar refractivity (Wildman–Crippen MR) is 42.5 cm³/mol. The van der Waals surface area contributed by atoms with Crippen LogP contribution in [0, 0.1) is 5.92 Å². The molecule has 2 unspecified atom stereocenters. The Hall–Kier alpha value is -0.980. The summed E-state index contributed by atoms with van der Waals surface area (Å²) in [6.45, 7) is 0. The Morgan fingerprint density at radius 3 is 2.70 bits per heavy atom. The first-order valence-electron chi connectivity index (χ1n) is 3.63. The van der Waals surface area contributed by atoms with Crippen molar-refractivity contribution in [3.05, 3.63) is 36.6 Å². The van der Waals surface area contributed by atoms with Crippen LogP contribution in [0.15, 0.2) is 36.6 Å². The van der Waals surface area contributed by atoms with Gasteiger partial charge in [-0.15, -0.1) is 0 Å². The van der Waals surface area contributed by atoms with E-state index in [1.807, 2.05) is 0 Å². The highest BCUT2D eigenvalue weighted by Crippen LogP contribution is 2.24. The third-order valence-electron chi connectivity index (χ3n) is 2.16. The third-order valence-corrected chi connectivity index (χ3v) is 2.16. The first-order valence-corrected chi connectivity index (χ1v) is 3.63. The molecule has 2 atom stereocenters. The summed E-state index contributed by atoms with van der Waals surface area (Å²) >= 11 is 0. The number of fused-ring (bicyclic) bond motifs is 1. The van der Waals surface area contributed by atoms with E-state index in [4.69, 9.17) is 0 Å². The molecule has 2 rings (SSSR count). The zero-order valence-corrected chi connectivity index (χ0v) is 6.07. The SMILES string of the molecule is CN1C=CC2C=CC=CC21. The van der Waals surface area contributed by atoms with Crippen molar-refractivity contribution >= 4 is 0 Å². The molecule has 0 radical (unpaired) electrons. The minimum atomic E-state index is 0.588. The van der Waals surface area contributed by atoms with E-state index in [0.717, 1.165) is 0 Å². The molecule has 10 heavy (non-hydrogen) atoms. The van der Waals surface area contributed by atoms with Gasteiger partial charge in [0.2, 0.25) is 0 Å². The van der Waals surface area contributed by atoms with Crippen LogP contribution in [0.2, 0.25) is 0 Å². The molecule has 2 aliphatic rings. The van der Waals surface area contributed by atoms with E-state index in [1.54, 1.807) is 0 Å². The van der Waals surface area contributed by atoms with Crippen LogP contribution in [0.5, 0.6) is 0 Å². The molecule has 0 amide bonds. The Bertz CT molecular complexity index is 213. The summed E-state index contributed by atoms with van der Waals surface area (Å²) in [5, 5.41) is 0. The second kappa shape index (κ2) is 2.01. The number of nitrogens with zero attached hydrogens (tertiary/aromatic N) is 1. The van der Waals surface area contributed by atoms with Crippen molar-refractivity contribution in [2.45, 2.75) is 6.04 Å². The lowest BCUT2D eigenvalue weighted by molar-refractivity contribution is 0.380. The summed E-state index contributed by atoms with van der Waals surface area (Å²) in [6.07, 6.45) is 13.1. The zero-order valence-electron chi connectivity index (χ0n) is 6.07. The standard InChI is InChI=1S/C9H11N/c1-10-7-6-8-4-2-3-5-9(8)10/h2-9H,1H3. The van der Waals surface area contributed by atoms with Gasteiger partial charge in [0, 0.05) is 13.0 Å². The van der Waals surface area contributed by atoms with Crippen molar-refractivity contribution in [3.63, 3.8) is 0 Å². The first kappa shape index (κ1) is 5.78. The quantitative estimate of drug-likeness (QED) is 0.484. The van der Waals surface area contributed by atoms with Gasteiger partial charge >= 0.3 is 0 Å². The maximum Gasteiger partial charge on any atom is 0.0565 e. The monoisotopic (exact) mass is 133 g/mol. The molecule has 0 bridgehead atoms. The van der Waals surface area contributed by atoms with Gasteiger partial charge in [-0.25, -0.2) is 0 Å². The van der Waals surface area contributed by atoms with E-state index in [-0.39, 0.29) is 0 Å². The fourth-order valence-electron chi connectivity index (χ4n) is 1.53. The van der Waals surface area contributed by atoms with Gasteiger partial charge in [0.15, 0.2) is 0 Å². The topological polar surface area (TPSA) is 3.24 Å². The van der Waals surface area contributed by atoms with E-state index < -0.39 is 0 Å². The lowest BCUT2D eigenvalue weighted by Crippen LogP contribution is -2.26. The van der Waals surface area contributed by atoms with Crippen LogP contribution in [0.1, 0.15) is 0 Å². The summed E-state index contributed by atoms with van der Waals surface area (Å²) in [5.74, 6) is 0.620. The van der Waals surface area contributed by atoms with E-state index in [1.165, 1.54) is 0 Å². The summed E-state index contributed by atoms with van der Waals surface area (Å²) in [7, 11) is 2.12. The molecule has 1 aliphatic heterocycles. The number of likely N-dealkylation sites (N-methyl/N-ethyl adjacent to an activating group) is 1. The molecule has 0 aromatic heterocycles. The van der Waals surface area contributed by atoms with Gasteiger partial charge in [-0.2, -0.15) is 0 Å². The van der Waals surface area contributed by atoms with Gasteiger partial charge in [-0.1, -0.05) is 30.4 Å². The Labute approximate surface area is 61.3 Å². The van der Waals surface area contributed by atoms with Crippen LogP contribution in [0.4, 0.5) is 0 Å². The van der Waals surface area contributed by atoms with Gasteiger partial charge in [-0.05, 0) is 6.20 Å². The van der Waals surface area contributed by atoms with E-state index in [2.05, 4.69) is 48.5 Å². The highest BCUT2D eigenvalue weighted by Gasteiger charge is 2.22. The van der Waals surface area contributed by atoms with E-state index >= 15 is 0 Å². The van der Waals surface area contributed by atoms with Crippen molar-refractivity contribution < 1.29 is 0 Å². The van der Waals surface area contributed by atoms with Crippen molar-refractivity contribution in [1.29, 1.82) is 0 Å². The highest BCUT2D eigenvalue weighted by atomic mass is 15.1. The molecular weight excluding hydrogens is 122 g/mol. The Balaban J connectivity index is 2.26. The smallest absolute Gasteiger partial charge is 0.0565 e. The van der Waals surface area contributed by atoms with Crippen molar-refractivity contribution in [1.82, 2.24) is 4.90 Å². The molecule has 1 aliphatic carbocycles. The van der Waals surface area contributed by atoms with Crippen LogP contribution in [-0.2, 0) is 0 Å². The molecule has 0 fully saturated rings. The van der Waals surface area contributed by atoms with Crippen LogP contribution in [-0.4, -0.2) is 18.0 Å². The second-order valence-corrected chi connectivity index (χ2v) is 2.84. The Morgan fingerprint density at radius 2 is 1.90 bits per heavy atom. The van der Waals surface area contributed by atoms with Crippen LogP contribution >= 0.6 is 0 Å². The molecule has 1 nitrogen and oxygen atoms in total. The largest absolute Gasteiger partial charge is 0.373 e. The third kappa shape index (κ3) is 0.703. The Kier molecular flexibility index (Phi) is 1.16. The number of hydrogen-bond donors (Lipinski definition) is 0. The molecule has 0 aromatic carbocycles. The average molecular weight is 133 g/mol. The first-order chi connectivity index (χ1) is 4.88. The molecule has 52 valence electrons. The van der Waals surface area contributed by atoms with Crippen LogP contribution < -0.4 is 0 Å². The molecule has 0 saturated heterocycles. The van der Waals surface area contributed by atoms with Gasteiger partial charge in [0.05, 0.1) is 6.04 Å². The zero-order chi connectivity index (χ0) is 6.97. The fourth-order valence-corrected chi connectivity index (χ4v) is 1.53. The minimum absolute atomic E-state index is 0.588. The minimum Gasteiger partial charge on any atom is -0.373 e. The maximum atomic E-state index is 2.24. The predicted octanol–water partition coefficient (Wildman–Crippen LogP) is 1.56. The van der Waals surface area contributed by atoms with Gasteiger partial charge < -0.3 is 4.90 Å². The number of hydrogen-bond acceptors (Lipinski definition) is 1. The van der Waals surface area contributed by atoms with Gasteiger partial charge in [-0.3, -0.25) is 0 Å². The van der Waals surface area contributed by atoms with Crippen LogP contribution in [0.3, 0.4) is 0 Å². The lowest BCUT2D eigenvalue weighted by Gasteiger charge is -2.22. The van der Waals surface area contributed by atoms with Crippen molar-refractivity contribution in [2.75, 3.05) is 7.05 Å². The number of rotatable bonds is 0. The van der Waals surface area contributed by atoms with Crippen molar-refractivity contribution in [3.8, 4) is 0 Å². The summed E-state index contributed by atoms with van der Waals surface area (Å²) in [5.41, 5.74) is 0. The Morgan fingerprint density at radius 1 is 1.10 bits per heavy atom. The van der Waals surface area contributed by atoms with E-state index in [0.29, 0.717) is 12.0 Å². The lowest BCUT2D eigenvalue weighted by atomic mass is 9.97.